The Labute approximate surface area is 113 Å². The fourth-order valence-electron chi connectivity index (χ4n) is 1.25. The number of carbonyl (C=O) groups excluding carboxylic acids is 1. The molecule has 0 atom stereocenters. The average Bonchev–Trinajstić information content (AvgIpc) is 2.72. The van der Waals surface area contributed by atoms with Gasteiger partial charge in [-0.1, -0.05) is 11.6 Å². The van der Waals surface area contributed by atoms with Gasteiger partial charge in [0.25, 0.3) is 0 Å². The van der Waals surface area contributed by atoms with Gasteiger partial charge >= 0.3 is 0 Å². The summed E-state index contributed by atoms with van der Waals surface area (Å²) in [4.78, 5) is 19.6. The second kappa shape index (κ2) is 5.75. The van der Waals surface area contributed by atoms with Gasteiger partial charge in [-0.2, -0.15) is 0 Å². The molecule has 0 aliphatic heterocycles. The van der Waals surface area contributed by atoms with Gasteiger partial charge in [0.05, 0.1) is 5.69 Å². The molecule has 2 heterocycles. The first kappa shape index (κ1) is 12.7. The van der Waals surface area contributed by atoms with E-state index in [4.69, 9.17) is 11.6 Å². The van der Waals surface area contributed by atoms with Crippen LogP contribution in [0.2, 0.25) is 5.15 Å². The van der Waals surface area contributed by atoms with E-state index in [1.807, 2.05) is 12.3 Å². The van der Waals surface area contributed by atoms with E-state index in [-0.39, 0.29) is 5.91 Å². The third-order valence-electron chi connectivity index (χ3n) is 2.03. The molecular formula is C12H10ClN3OS. The maximum atomic E-state index is 11.6. The molecule has 6 heteroatoms. The van der Waals surface area contributed by atoms with Crippen molar-refractivity contribution in [1.82, 2.24) is 9.97 Å². The topological polar surface area (TPSA) is 54.9 Å². The molecule has 0 fully saturated rings. The number of rotatable bonds is 3. The molecular weight excluding hydrogens is 270 g/mol. The molecule has 0 spiro atoms. The van der Waals surface area contributed by atoms with Crippen LogP contribution in [-0.2, 0) is 4.79 Å². The number of hydrogen-bond donors (Lipinski definition) is 1. The Morgan fingerprint density at radius 1 is 1.56 bits per heavy atom. The summed E-state index contributed by atoms with van der Waals surface area (Å²) in [7, 11) is 0. The third kappa shape index (κ3) is 3.65. The molecule has 0 saturated carbocycles. The molecule has 0 saturated heterocycles. The van der Waals surface area contributed by atoms with E-state index < -0.39 is 0 Å². The second-order valence-electron chi connectivity index (χ2n) is 3.53. The van der Waals surface area contributed by atoms with Crippen LogP contribution < -0.4 is 5.32 Å². The zero-order valence-corrected chi connectivity index (χ0v) is 11.1. The molecule has 2 rings (SSSR count). The molecule has 92 valence electrons. The van der Waals surface area contributed by atoms with Crippen LogP contribution in [0.3, 0.4) is 0 Å². The second-order valence-corrected chi connectivity index (χ2v) is 4.77. The molecule has 0 aliphatic carbocycles. The number of aryl methyl sites for hydroxylation is 1. The normalized spacial score (nSPS) is 10.8. The number of pyridine rings is 1. The number of carbonyl (C=O) groups is 1. The first-order valence-electron chi connectivity index (χ1n) is 5.16. The molecule has 0 aromatic carbocycles. The van der Waals surface area contributed by atoms with E-state index in [1.54, 1.807) is 24.4 Å². The lowest BCUT2D eigenvalue weighted by Crippen LogP contribution is -2.07. The molecule has 2 aromatic rings. The molecule has 1 amide bonds. The molecule has 0 aliphatic rings. The lowest BCUT2D eigenvalue weighted by molar-refractivity contribution is -0.111. The van der Waals surface area contributed by atoms with Gasteiger partial charge in [0.15, 0.2) is 5.13 Å². The molecule has 0 unspecified atom stereocenters. The molecule has 4 nitrogen and oxygen atoms in total. The average molecular weight is 280 g/mol. The lowest BCUT2D eigenvalue weighted by Gasteiger charge is -1.96. The smallest absolute Gasteiger partial charge is 0.250 e. The summed E-state index contributed by atoms with van der Waals surface area (Å²) in [5, 5.41) is 5.55. The van der Waals surface area contributed by atoms with Gasteiger partial charge in [0, 0.05) is 17.7 Å². The molecule has 18 heavy (non-hydrogen) atoms. The molecule has 0 bridgehead atoms. The summed E-state index contributed by atoms with van der Waals surface area (Å²) in [6.07, 6.45) is 4.69. The minimum absolute atomic E-state index is 0.225. The van der Waals surface area contributed by atoms with Crippen LogP contribution in [0.25, 0.3) is 6.08 Å². The van der Waals surface area contributed by atoms with E-state index in [1.165, 1.54) is 17.4 Å². The van der Waals surface area contributed by atoms with Crippen molar-refractivity contribution in [3.63, 3.8) is 0 Å². The summed E-state index contributed by atoms with van der Waals surface area (Å²) < 4.78 is 0. The van der Waals surface area contributed by atoms with Crippen molar-refractivity contribution in [3.05, 3.63) is 46.2 Å². The Balaban J connectivity index is 1.99. The Kier molecular flexibility index (Phi) is 4.07. The maximum absolute atomic E-state index is 11.6. The fraction of sp³-hybridized carbons (Fsp3) is 0.0833. The summed E-state index contributed by atoms with van der Waals surface area (Å²) in [5.41, 5.74) is 1.71. The van der Waals surface area contributed by atoms with Crippen LogP contribution >= 0.6 is 22.9 Å². The highest BCUT2D eigenvalue weighted by molar-refractivity contribution is 7.13. The van der Waals surface area contributed by atoms with Gasteiger partial charge in [-0.3, -0.25) is 10.1 Å². The SMILES string of the molecule is Cc1csc(NC(=O)/C=C/c2ccnc(Cl)c2)n1. The lowest BCUT2D eigenvalue weighted by atomic mass is 10.2. The summed E-state index contributed by atoms with van der Waals surface area (Å²) in [6.45, 7) is 1.88. The first-order chi connectivity index (χ1) is 8.63. The largest absolute Gasteiger partial charge is 0.298 e. The number of aromatic nitrogens is 2. The summed E-state index contributed by atoms with van der Waals surface area (Å²) >= 11 is 7.13. The van der Waals surface area contributed by atoms with Crippen LogP contribution in [0.1, 0.15) is 11.3 Å². The van der Waals surface area contributed by atoms with Crippen LogP contribution in [0.5, 0.6) is 0 Å². The highest BCUT2D eigenvalue weighted by atomic mass is 35.5. The van der Waals surface area contributed by atoms with Crippen molar-refractivity contribution >= 4 is 40.1 Å². The predicted molar refractivity (Wildman–Crippen MR) is 73.8 cm³/mol. The minimum Gasteiger partial charge on any atom is -0.298 e. The standard InChI is InChI=1S/C12H10ClN3OS/c1-8-7-18-12(15-8)16-11(17)3-2-9-4-5-14-10(13)6-9/h2-7H,1H3,(H,15,16,17)/b3-2+. The van der Waals surface area contributed by atoms with Crippen molar-refractivity contribution in [2.75, 3.05) is 5.32 Å². The van der Waals surface area contributed by atoms with Crippen molar-refractivity contribution < 1.29 is 4.79 Å². The van der Waals surface area contributed by atoms with Gasteiger partial charge in [0.2, 0.25) is 5.91 Å². The number of nitrogens with one attached hydrogen (secondary N) is 1. The zero-order chi connectivity index (χ0) is 13.0. The van der Waals surface area contributed by atoms with Crippen molar-refractivity contribution in [2.24, 2.45) is 0 Å². The van der Waals surface area contributed by atoms with Crippen molar-refractivity contribution in [1.29, 1.82) is 0 Å². The van der Waals surface area contributed by atoms with E-state index in [2.05, 4.69) is 15.3 Å². The van der Waals surface area contributed by atoms with E-state index in [0.29, 0.717) is 10.3 Å². The van der Waals surface area contributed by atoms with Crippen LogP contribution in [-0.4, -0.2) is 15.9 Å². The summed E-state index contributed by atoms with van der Waals surface area (Å²) in [5.74, 6) is -0.225. The van der Waals surface area contributed by atoms with Crippen LogP contribution in [0, 0.1) is 6.92 Å². The van der Waals surface area contributed by atoms with E-state index in [0.717, 1.165) is 11.3 Å². The van der Waals surface area contributed by atoms with Gasteiger partial charge < -0.3 is 0 Å². The predicted octanol–water partition coefficient (Wildman–Crippen LogP) is 3.15. The van der Waals surface area contributed by atoms with Crippen molar-refractivity contribution in [3.8, 4) is 0 Å². The highest BCUT2D eigenvalue weighted by Crippen LogP contribution is 2.14. The third-order valence-corrected chi connectivity index (χ3v) is 3.11. The molecule has 1 N–H and O–H groups in total. The first-order valence-corrected chi connectivity index (χ1v) is 6.42. The van der Waals surface area contributed by atoms with Gasteiger partial charge in [0.1, 0.15) is 5.15 Å². The van der Waals surface area contributed by atoms with E-state index >= 15 is 0 Å². The highest BCUT2D eigenvalue weighted by Gasteiger charge is 2.01. The maximum Gasteiger partial charge on any atom is 0.250 e. The van der Waals surface area contributed by atoms with Crippen LogP contribution in [0.4, 0.5) is 5.13 Å². The van der Waals surface area contributed by atoms with Gasteiger partial charge in [-0.15, -0.1) is 11.3 Å². The minimum atomic E-state index is -0.225. The van der Waals surface area contributed by atoms with E-state index in [9.17, 15) is 4.79 Å². The monoisotopic (exact) mass is 279 g/mol. The number of nitrogens with zero attached hydrogens (tertiary/aromatic N) is 2. The Morgan fingerprint density at radius 3 is 3.06 bits per heavy atom. The Hall–Kier alpha value is -1.72. The van der Waals surface area contributed by atoms with Gasteiger partial charge in [-0.25, -0.2) is 9.97 Å². The summed E-state index contributed by atoms with van der Waals surface area (Å²) in [6, 6.07) is 3.45. The number of amides is 1. The quantitative estimate of drug-likeness (QED) is 0.694. The number of thiazole rings is 1. The van der Waals surface area contributed by atoms with Crippen LogP contribution in [0.15, 0.2) is 29.8 Å². The fourth-order valence-corrected chi connectivity index (χ4v) is 2.12. The number of halogens is 1. The Morgan fingerprint density at radius 2 is 2.39 bits per heavy atom. The molecule has 2 aromatic heterocycles. The molecule has 0 radical (unpaired) electrons. The number of anilines is 1. The Bertz CT molecular complexity index is 595. The van der Waals surface area contributed by atoms with Crippen molar-refractivity contribution in [2.45, 2.75) is 6.92 Å². The van der Waals surface area contributed by atoms with Gasteiger partial charge in [-0.05, 0) is 30.7 Å². The zero-order valence-electron chi connectivity index (χ0n) is 9.55. The number of hydrogen-bond acceptors (Lipinski definition) is 4.